The van der Waals surface area contributed by atoms with Crippen LogP contribution in [0.25, 0.3) is 10.9 Å². The van der Waals surface area contributed by atoms with Crippen molar-refractivity contribution >= 4 is 34.6 Å². The van der Waals surface area contributed by atoms with E-state index in [1.807, 2.05) is 24.0 Å². The number of aromatic amines is 2. The lowest BCUT2D eigenvalue weighted by Gasteiger charge is -2.43. The fourth-order valence-corrected chi connectivity index (χ4v) is 8.46. The van der Waals surface area contributed by atoms with Gasteiger partial charge in [-0.15, -0.1) is 0 Å². The minimum Gasteiger partial charge on any atom is -0.338 e. The number of hydrogen-bond donors (Lipinski definition) is 3. The molecule has 7 rings (SSSR count). The first-order chi connectivity index (χ1) is 23.1. The molecule has 0 spiro atoms. The number of benzene rings is 1. The fraction of sp³-hybridized carbons (Fsp3) is 0.588. The maximum atomic E-state index is 14.1. The summed E-state index contributed by atoms with van der Waals surface area (Å²) in [5, 5.41) is 11.3. The van der Waals surface area contributed by atoms with Gasteiger partial charge in [-0.3, -0.25) is 19.6 Å². The molecule has 3 N–H and O–H groups in total. The summed E-state index contributed by atoms with van der Waals surface area (Å²) in [6.45, 7) is 8.17. The Kier molecular flexibility index (Phi) is 8.40. The van der Waals surface area contributed by atoms with Crippen molar-refractivity contribution in [3.8, 4) is 0 Å². The third-order valence-electron chi connectivity index (χ3n) is 10.4. The van der Waals surface area contributed by atoms with Crippen LogP contribution in [0.5, 0.6) is 0 Å². The van der Waals surface area contributed by atoms with E-state index in [1.54, 1.807) is 11.1 Å². The van der Waals surface area contributed by atoms with E-state index in [-0.39, 0.29) is 23.4 Å². The zero-order valence-corrected chi connectivity index (χ0v) is 27.6. The van der Waals surface area contributed by atoms with Crippen LogP contribution in [0, 0.1) is 6.92 Å². The van der Waals surface area contributed by atoms with E-state index in [0.717, 1.165) is 66.6 Å². The molecule has 4 aliphatic rings. The molecule has 3 saturated heterocycles. The van der Waals surface area contributed by atoms with Crippen LogP contribution in [-0.4, -0.2) is 118 Å². The summed E-state index contributed by atoms with van der Waals surface area (Å²) in [6.07, 6.45) is 5.74. The van der Waals surface area contributed by atoms with Crippen molar-refractivity contribution in [1.29, 1.82) is 0 Å². The number of fused-ring (bicyclic) bond motifs is 2. The zero-order chi connectivity index (χ0) is 33.6. The Morgan fingerprint density at radius 1 is 1.04 bits per heavy atom. The third-order valence-corrected chi connectivity index (χ3v) is 11.3. The molecule has 0 radical (unpaired) electrons. The van der Waals surface area contributed by atoms with Crippen molar-refractivity contribution in [2.45, 2.75) is 68.5 Å². The lowest BCUT2D eigenvalue weighted by molar-refractivity contribution is -0.135. The molecule has 6 heterocycles. The maximum Gasteiger partial charge on any atom is 0.318 e. The van der Waals surface area contributed by atoms with E-state index >= 15 is 0 Å². The molecule has 3 amide bonds. The van der Waals surface area contributed by atoms with Crippen molar-refractivity contribution in [1.82, 2.24) is 40.1 Å². The molecule has 1 aromatic carbocycles. The van der Waals surface area contributed by atoms with Crippen LogP contribution in [-0.2, 0) is 22.7 Å². The zero-order valence-electron chi connectivity index (χ0n) is 28.8. The number of piperidine rings is 2. The maximum absolute atomic E-state index is 14.1. The van der Waals surface area contributed by atoms with Crippen LogP contribution < -0.4 is 10.9 Å². The second-order valence-corrected chi connectivity index (χ2v) is 14.2. The lowest BCUT2D eigenvalue weighted by Crippen LogP contribution is -2.59. The molecule has 0 unspecified atom stereocenters. The van der Waals surface area contributed by atoms with Gasteiger partial charge >= 0.3 is 6.03 Å². The van der Waals surface area contributed by atoms with Gasteiger partial charge < -0.3 is 25.0 Å². The first kappa shape index (κ1) is 28.8. The number of nitrogens with one attached hydrogen (secondary N) is 3. The van der Waals surface area contributed by atoms with Gasteiger partial charge in [0, 0.05) is 82.6 Å². The van der Waals surface area contributed by atoms with Crippen molar-refractivity contribution in [2.24, 2.45) is 0 Å². The number of hydrogen-bond acceptors (Lipinski definition) is 7. The highest BCUT2D eigenvalue weighted by Gasteiger charge is 2.34. The smallest absolute Gasteiger partial charge is 0.318 e. The molecule has 11 nitrogen and oxygen atoms in total. The van der Waals surface area contributed by atoms with Crippen molar-refractivity contribution in [3.63, 3.8) is 0 Å². The van der Waals surface area contributed by atoms with E-state index < -0.39 is 11.7 Å². The number of pyridine rings is 1. The Bertz CT molecular complexity index is 1720. The standard InChI is InChI=1S/C34H46N8O3S/c1-22-15-23(16-25-19-35-38-31(22)25)17-29(33(44)41-13-11-40(12-14-41)27-5-7-39(2)8-6-27)37-34(45)42-9-3-24(4-10-42)28-18-26-20-46-21-30(26)36-32(28)43/h15-16,18-19,24,27,29H,3-14,17,20-21H2,1-2H3,(H,35,38)(H,36,43)(H,37,45)/t29-/m1/s1/i21D2. The van der Waals surface area contributed by atoms with Gasteiger partial charge in [-0.05, 0) is 87.5 Å². The Hall–Kier alpha value is -3.35. The predicted molar refractivity (Wildman–Crippen MR) is 181 cm³/mol. The first-order valence-electron chi connectivity index (χ1n) is 17.7. The summed E-state index contributed by atoms with van der Waals surface area (Å²) in [6, 6.07) is 5.57. The Labute approximate surface area is 277 Å². The van der Waals surface area contributed by atoms with Gasteiger partial charge in [0.15, 0.2) is 0 Å². The number of carbonyl (C=O) groups excluding carboxylic acids is 2. The summed E-state index contributed by atoms with van der Waals surface area (Å²) in [7, 11) is 2.17. The van der Waals surface area contributed by atoms with Crippen molar-refractivity contribution in [2.75, 3.05) is 59.4 Å². The van der Waals surface area contributed by atoms with Crippen molar-refractivity contribution in [3.05, 3.63) is 62.7 Å². The number of aryl methyl sites for hydroxylation is 1. The average molecular weight is 649 g/mol. The second kappa shape index (κ2) is 13.4. The van der Waals surface area contributed by atoms with E-state index in [1.165, 1.54) is 11.8 Å². The molecule has 0 aliphatic carbocycles. The van der Waals surface area contributed by atoms with Gasteiger partial charge in [0.2, 0.25) is 5.91 Å². The number of piperazine rings is 1. The number of H-pyrrole nitrogens is 2. The van der Waals surface area contributed by atoms with E-state index in [4.69, 9.17) is 2.74 Å². The van der Waals surface area contributed by atoms with Gasteiger partial charge in [0.25, 0.3) is 5.56 Å². The highest BCUT2D eigenvalue weighted by atomic mass is 32.2. The number of nitrogens with zero attached hydrogens (tertiary/aromatic N) is 5. The van der Waals surface area contributed by atoms with Gasteiger partial charge in [-0.2, -0.15) is 16.9 Å². The Morgan fingerprint density at radius 2 is 1.80 bits per heavy atom. The van der Waals surface area contributed by atoms with Crippen LogP contribution in [0.2, 0.25) is 0 Å². The molecule has 3 aromatic rings. The topological polar surface area (TPSA) is 121 Å². The molecular formula is C34H46N8O3S. The molecule has 0 saturated carbocycles. The van der Waals surface area contributed by atoms with Crippen LogP contribution in [0.4, 0.5) is 4.79 Å². The number of rotatable bonds is 6. The van der Waals surface area contributed by atoms with Gasteiger partial charge in [-0.25, -0.2) is 4.79 Å². The monoisotopic (exact) mass is 648 g/mol. The minimum absolute atomic E-state index is 0.0116. The summed E-state index contributed by atoms with van der Waals surface area (Å²) in [5.74, 6) is 0.472. The SMILES string of the molecule is [2H]C1([2H])SCc2cc(C3CCN(C(=O)N[C@H](Cc4cc(C)c5[nH]ncc5c4)C(=O)N4CCN(C5CCN(C)CC5)CC4)CC3)c(=O)[nH]c21. The molecular weight excluding hydrogens is 600 g/mol. The number of aromatic nitrogens is 3. The van der Waals surface area contributed by atoms with Crippen LogP contribution >= 0.6 is 11.8 Å². The summed E-state index contributed by atoms with van der Waals surface area (Å²) in [4.78, 5) is 52.3. The largest absolute Gasteiger partial charge is 0.338 e. The van der Waals surface area contributed by atoms with Crippen LogP contribution in [0.1, 0.15) is 62.3 Å². The second-order valence-electron chi connectivity index (χ2n) is 13.5. The summed E-state index contributed by atoms with van der Waals surface area (Å²) in [5.41, 5.74) is 3.06. The Balaban J connectivity index is 1.02. The predicted octanol–water partition coefficient (Wildman–Crippen LogP) is 3.05. The minimum atomic E-state index is -1.58. The number of likely N-dealkylation sites (tertiary alicyclic amines) is 2. The molecule has 4 aliphatic heterocycles. The molecule has 246 valence electrons. The third kappa shape index (κ3) is 6.57. The molecule has 0 bridgehead atoms. The Morgan fingerprint density at radius 3 is 2.57 bits per heavy atom. The van der Waals surface area contributed by atoms with Gasteiger partial charge in [-0.1, -0.05) is 6.07 Å². The molecule has 1 atom stereocenters. The van der Waals surface area contributed by atoms with E-state index in [0.29, 0.717) is 68.5 Å². The van der Waals surface area contributed by atoms with Crippen LogP contribution in [0.15, 0.2) is 29.2 Å². The number of thioether (sulfide) groups is 1. The molecule has 12 heteroatoms. The average Bonchev–Trinajstić information content (AvgIpc) is 3.68. The normalized spacial score (nSPS) is 22.8. The highest BCUT2D eigenvalue weighted by molar-refractivity contribution is 7.98. The van der Waals surface area contributed by atoms with Gasteiger partial charge in [0.05, 0.1) is 11.7 Å². The summed E-state index contributed by atoms with van der Waals surface area (Å²) >= 11 is 1.19. The quantitative estimate of drug-likeness (QED) is 0.376. The summed E-state index contributed by atoms with van der Waals surface area (Å²) < 4.78 is 16.3. The lowest BCUT2D eigenvalue weighted by atomic mass is 9.89. The van der Waals surface area contributed by atoms with E-state index in [2.05, 4.69) is 43.4 Å². The number of amides is 3. The molecule has 46 heavy (non-hydrogen) atoms. The molecule has 2 aromatic heterocycles. The number of carbonyl (C=O) groups is 2. The van der Waals surface area contributed by atoms with E-state index in [9.17, 15) is 14.4 Å². The first-order valence-corrected chi connectivity index (χ1v) is 17.6. The highest BCUT2D eigenvalue weighted by Crippen LogP contribution is 2.32. The number of urea groups is 1. The molecule has 3 fully saturated rings. The fourth-order valence-electron chi connectivity index (χ4n) is 7.67. The van der Waals surface area contributed by atoms with Gasteiger partial charge in [0.1, 0.15) is 6.04 Å². The van der Waals surface area contributed by atoms with Crippen molar-refractivity contribution < 1.29 is 12.3 Å². The van der Waals surface area contributed by atoms with Crippen LogP contribution in [0.3, 0.4) is 0 Å².